The van der Waals surface area contributed by atoms with E-state index in [0.717, 1.165) is 10.2 Å². The summed E-state index contributed by atoms with van der Waals surface area (Å²) >= 11 is 7.41. The van der Waals surface area contributed by atoms with Crippen molar-refractivity contribution in [3.05, 3.63) is 46.6 Å². The van der Waals surface area contributed by atoms with Crippen LogP contribution in [0.1, 0.15) is 16.1 Å². The standard InChI is InChI=1S/C14H10ClN3O2S/c1-7-9(13(19)20)3-5-12(16-7)18-14-17-10-4-2-8(15)6-11(10)21-14/h2-6H,1H3,(H,19,20)(H,16,17,18). The molecule has 0 atom stereocenters. The predicted molar refractivity (Wildman–Crippen MR) is 83.8 cm³/mol. The molecule has 7 heteroatoms. The number of fused-ring (bicyclic) bond motifs is 1. The Kier molecular flexibility index (Phi) is 3.48. The van der Waals surface area contributed by atoms with Gasteiger partial charge in [-0.2, -0.15) is 0 Å². The van der Waals surface area contributed by atoms with Gasteiger partial charge in [0.2, 0.25) is 0 Å². The van der Waals surface area contributed by atoms with Crippen molar-refractivity contribution in [3.8, 4) is 0 Å². The second kappa shape index (κ2) is 5.31. The van der Waals surface area contributed by atoms with Crippen LogP contribution in [0.3, 0.4) is 0 Å². The number of nitrogens with zero attached hydrogens (tertiary/aromatic N) is 2. The highest BCUT2D eigenvalue weighted by Gasteiger charge is 2.10. The first kappa shape index (κ1) is 13.8. The Morgan fingerprint density at radius 3 is 2.81 bits per heavy atom. The van der Waals surface area contributed by atoms with Gasteiger partial charge >= 0.3 is 5.97 Å². The summed E-state index contributed by atoms with van der Waals surface area (Å²) in [5, 5.41) is 13.4. The summed E-state index contributed by atoms with van der Waals surface area (Å²) in [5.41, 5.74) is 1.50. The fourth-order valence-electron chi connectivity index (χ4n) is 1.92. The molecule has 0 aliphatic heterocycles. The number of aryl methyl sites for hydroxylation is 1. The molecule has 1 aromatic carbocycles. The molecule has 5 nitrogen and oxygen atoms in total. The number of halogens is 1. The van der Waals surface area contributed by atoms with Crippen LogP contribution in [0, 0.1) is 6.92 Å². The summed E-state index contributed by atoms with van der Waals surface area (Å²) < 4.78 is 0.976. The third-order valence-electron chi connectivity index (χ3n) is 2.90. The zero-order valence-corrected chi connectivity index (χ0v) is 12.5. The molecule has 106 valence electrons. The molecule has 0 aliphatic carbocycles. The Labute approximate surface area is 129 Å². The van der Waals surface area contributed by atoms with Gasteiger partial charge in [0, 0.05) is 5.02 Å². The first-order valence-electron chi connectivity index (χ1n) is 6.07. The molecule has 2 N–H and O–H groups in total. The molecule has 0 unspecified atom stereocenters. The second-order valence-electron chi connectivity index (χ2n) is 4.39. The normalized spacial score (nSPS) is 10.8. The van der Waals surface area contributed by atoms with Gasteiger partial charge in [0.25, 0.3) is 0 Å². The number of anilines is 2. The maximum atomic E-state index is 11.0. The number of hydrogen-bond acceptors (Lipinski definition) is 5. The van der Waals surface area contributed by atoms with E-state index >= 15 is 0 Å². The third kappa shape index (κ3) is 2.81. The molecule has 0 aliphatic rings. The van der Waals surface area contributed by atoms with Crippen molar-refractivity contribution in [2.75, 3.05) is 5.32 Å². The van der Waals surface area contributed by atoms with Gasteiger partial charge in [0.15, 0.2) is 5.13 Å². The lowest BCUT2D eigenvalue weighted by atomic mass is 10.2. The molecule has 0 saturated heterocycles. The maximum absolute atomic E-state index is 11.0. The Morgan fingerprint density at radius 2 is 2.10 bits per heavy atom. The van der Waals surface area contributed by atoms with E-state index in [1.54, 1.807) is 19.1 Å². The van der Waals surface area contributed by atoms with Crippen molar-refractivity contribution in [1.82, 2.24) is 9.97 Å². The molecule has 2 aromatic heterocycles. The number of thiazole rings is 1. The SMILES string of the molecule is Cc1nc(Nc2nc3ccc(Cl)cc3s2)ccc1C(=O)O. The summed E-state index contributed by atoms with van der Waals surface area (Å²) in [7, 11) is 0. The minimum atomic E-state index is -0.985. The number of carboxylic acid groups (broad SMARTS) is 1. The number of carboxylic acids is 1. The van der Waals surface area contributed by atoms with E-state index in [9.17, 15) is 4.79 Å². The highest BCUT2D eigenvalue weighted by Crippen LogP contribution is 2.29. The molecule has 0 fully saturated rings. The Balaban J connectivity index is 1.91. The second-order valence-corrected chi connectivity index (χ2v) is 5.86. The smallest absolute Gasteiger partial charge is 0.337 e. The minimum Gasteiger partial charge on any atom is -0.478 e. The van der Waals surface area contributed by atoms with Gasteiger partial charge in [0.1, 0.15) is 5.82 Å². The predicted octanol–water partition coefficient (Wildman–Crippen LogP) is 4.09. The number of hydrogen-bond donors (Lipinski definition) is 2. The monoisotopic (exact) mass is 319 g/mol. The number of nitrogens with one attached hydrogen (secondary N) is 1. The van der Waals surface area contributed by atoms with E-state index in [1.165, 1.54) is 17.4 Å². The lowest BCUT2D eigenvalue weighted by molar-refractivity contribution is 0.0695. The van der Waals surface area contributed by atoms with E-state index < -0.39 is 5.97 Å². The van der Waals surface area contributed by atoms with Crippen LogP contribution in [0.4, 0.5) is 10.9 Å². The summed E-state index contributed by atoms with van der Waals surface area (Å²) in [6, 6.07) is 8.64. The summed E-state index contributed by atoms with van der Waals surface area (Å²) in [4.78, 5) is 19.6. The van der Waals surface area contributed by atoms with Gasteiger partial charge < -0.3 is 10.4 Å². The van der Waals surface area contributed by atoms with Gasteiger partial charge in [0.05, 0.1) is 21.5 Å². The Hall–Kier alpha value is -2.18. The average molecular weight is 320 g/mol. The molecular formula is C14H10ClN3O2S. The van der Waals surface area contributed by atoms with E-state index in [-0.39, 0.29) is 5.56 Å². The molecule has 21 heavy (non-hydrogen) atoms. The Morgan fingerprint density at radius 1 is 1.29 bits per heavy atom. The topological polar surface area (TPSA) is 75.1 Å². The van der Waals surface area contributed by atoms with Gasteiger partial charge in [-0.05, 0) is 37.3 Å². The number of carbonyl (C=O) groups is 1. The van der Waals surface area contributed by atoms with E-state index in [1.807, 2.05) is 12.1 Å². The molecule has 0 amide bonds. The van der Waals surface area contributed by atoms with Crippen LogP contribution in [0.5, 0.6) is 0 Å². The van der Waals surface area contributed by atoms with Gasteiger partial charge in [-0.25, -0.2) is 14.8 Å². The van der Waals surface area contributed by atoms with Crippen LogP contribution in [0.2, 0.25) is 5.02 Å². The highest BCUT2D eigenvalue weighted by atomic mass is 35.5. The first-order chi connectivity index (χ1) is 10.0. The molecule has 2 heterocycles. The molecule has 0 radical (unpaired) electrons. The largest absolute Gasteiger partial charge is 0.478 e. The Bertz CT molecular complexity index is 847. The zero-order valence-electron chi connectivity index (χ0n) is 10.9. The molecular weight excluding hydrogens is 310 g/mol. The van der Waals surface area contributed by atoms with E-state index in [0.29, 0.717) is 21.7 Å². The quantitative estimate of drug-likeness (QED) is 0.760. The summed E-state index contributed by atoms with van der Waals surface area (Å²) in [5.74, 6) is -0.427. The molecule has 0 saturated carbocycles. The van der Waals surface area contributed by atoms with Crippen molar-refractivity contribution in [2.45, 2.75) is 6.92 Å². The van der Waals surface area contributed by atoms with Crippen molar-refractivity contribution in [2.24, 2.45) is 0 Å². The first-order valence-corrected chi connectivity index (χ1v) is 7.26. The minimum absolute atomic E-state index is 0.191. The van der Waals surface area contributed by atoms with Crippen molar-refractivity contribution in [1.29, 1.82) is 0 Å². The average Bonchev–Trinajstić information content (AvgIpc) is 2.79. The molecule has 3 aromatic rings. The fraction of sp³-hybridized carbons (Fsp3) is 0.0714. The number of benzene rings is 1. The third-order valence-corrected chi connectivity index (χ3v) is 4.07. The number of aromatic nitrogens is 2. The van der Waals surface area contributed by atoms with Gasteiger partial charge in [-0.15, -0.1) is 0 Å². The zero-order chi connectivity index (χ0) is 15.0. The number of pyridine rings is 1. The molecule has 0 spiro atoms. The number of rotatable bonds is 3. The van der Waals surface area contributed by atoms with Crippen molar-refractivity contribution >= 4 is 50.1 Å². The van der Waals surface area contributed by atoms with Crippen molar-refractivity contribution in [3.63, 3.8) is 0 Å². The van der Waals surface area contributed by atoms with Crippen LogP contribution in [0.25, 0.3) is 10.2 Å². The van der Waals surface area contributed by atoms with Gasteiger partial charge in [-0.1, -0.05) is 22.9 Å². The van der Waals surface area contributed by atoms with Crippen LogP contribution in [-0.2, 0) is 0 Å². The lowest BCUT2D eigenvalue weighted by Crippen LogP contribution is -2.03. The van der Waals surface area contributed by atoms with E-state index in [2.05, 4.69) is 15.3 Å². The van der Waals surface area contributed by atoms with Crippen molar-refractivity contribution < 1.29 is 9.90 Å². The summed E-state index contributed by atoms with van der Waals surface area (Å²) in [6.07, 6.45) is 0. The highest BCUT2D eigenvalue weighted by molar-refractivity contribution is 7.22. The molecule has 0 bridgehead atoms. The summed E-state index contributed by atoms with van der Waals surface area (Å²) in [6.45, 7) is 1.66. The lowest BCUT2D eigenvalue weighted by Gasteiger charge is -2.04. The van der Waals surface area contributed by atoms with Crippen LogP contribution in [-0.4, -0.2) is 21.0 Å². The van der Waals surface area contributed by atoms with Crippen LogP contribution in [0.15, 0.2) is 30.3 Å². The van der Waals surface area contributed by atoms with Crippen LogP contribution >= 0.6 is 22.9 Å². The maximum Gasteiger partial charge on any atom is 0.337 e. The van der Waals surface area contributed by atoms with Crippen LogP contribution < -0.4 is 5.32 Å². The van der Waals surface area contributed by atoms with E-state index in [4.69, 9.17) is 16.7 Å². The number of aromatic carboxylic acids is 1. The van der Waals surface area contributed by atoms with Gasteiger partial charge in [-0.3, -0.25) is 0 Å². The molecule has 3 rings (SSSR count). The fourth-order valence-corrected chi connectivity index (χ4v) is 3.07.